The molecule has 2 rings (SSSR count). The minimum Gasteiger partial charge on any atom is -0.506 e. The van der Waals surface area contributed by atoms with Crippen molar-refractivity contribution in [2.45, 2.75) is 18.6 Å². The zero-order valence-electron chi connectivity index (χ0n) is 11.3. The maximum atomic E-state index is 10.4. The van der Waals surface area contributed by atoms with E-state index in [1.165, 1.54) is 0 Å². The molecular formula is C15H15Br3ClNO2. The van der Waals surface area contributed by atoms with Crippen molar-refractivity contribution in [3.8, 4) is 5.75 Å². The Morgan fingerprint density at radius 3 is 2.23 bits per heavy atom. The Hall–Kier alpha value is -0.110. The van der Waals surface area contributed by atoms with Gasteiger partial charge in [0.2, 0.25) is 0 Å². The van der Waals surface area contributed by atoms with Gasteiger partial charge in [-0.25, -0.2) is 0 Å². The highest BCUT2D eigenvalue weighted by molar-refractivity contribution is 9.11. The second kappa shape index (κ2) is 8.66. The fourth-order valence-corrected chi connectivity index (χ4v) is 4.72. The summed E-state index contributed by atoms with van der Waals surface area (Å²) >= 11 is 10.0. The first-order valence-electron chi connectivity index (χ1n) is 6.25. The van der Waals surface area contributed by atoms with Crippen LogP contribution in [0.25, 0.3) is 0 Å². The molecule has 7 heteroatoms. The fraction of sp³-hybridized carbons (Fsp3) is 0.200. The van der Waals surface area contributed by atoms with Crippen LogP contribution in [0.3, 0.4) is 0 Å². The molecule has 0 aromatic heterocycles. The Bertz CT molecular complexity index is 640. The van der Waals surface area contributed by atoms with E-state index in [-0.39, 0.29) is 18.2 Å². The zero-order chi connectivity index (χ0) is 15.6. The molecule has 0 unspecified atom stereocenters. The summed E-state index contributed by atoms with van der Waals surface area (Å²) < 4.78 is 1.75. The number of rotatable bonds is 4. The number of halogens is 4. The monoisotopic (exact) mass is 513 g/mol. The third-order valence-electron chi connectivity index (χ3n) is 3.22. The number of hydrogen-bond donors (Lipinski definition) is 3. The molecule has 0 aliphatic heterocycles. The van der Waals surface area contributed by atoms with E-state index in [4.69, 9.17) is 5.73 Å². The van der Waals surface area contributed by atoms with Crippen molar-refractivity contribution in [3.63, 3.8) is 0 Å². The Morgan fingerprint density at radius 2 is 1.64 bits per heavy atom. The van der Waals surface area contributed by atoms with Gasteiger partial charge in [0.05, 0.1) is 21.1 Å². The first-order valence-corrected chi connectivity index (χ1v) is 8.63. The zero-order valence-corrected chi connectivity index (χ0v) is 16.9. The van der Waals surface area contributed by atoms with Crippen molar-refractivity contribution in [2.75, 3.05) is 0 Å². The third-order valence-corrected chi connectivity index (χ3v) is 5.28. The molecule has 120 valence electrons. The highest BCUT2D eigenvalue weighted by atomic mass is 79.9. The third kappa shape index (κ3) is 4.46. The molecule has 0 heterocycles. The number of nitrogens with two attached hydrogens (primary N) is 1. The normalized spacial score (nSPS) is 13.3. The van der Waals surface area contributed by atoms with Crippen LogP contribution in [0.15, 0.2) is 49.8 Å². The van der Waals surface area contributed by atoms with Gasteiger partial charge in [0.25, 0.3) is 0 Å². The predicted molar refractivity (Wildman–Crippen MR) is 102 cm³/mol. The van der Waals surface area contributed by atoms with Crippen molar-refractivity contribution in [3.05, 3.63) is 60.9 Å². The summed E-state index contributed by atoms with van der Waals surface area (Å²) in [5, 5.41) is 20.4. The van der Waals surface area contributed by atoms with Crippen LogP contribution in [0.4, 0.5) is 0 Å². The Balaban J connectivity index is 0.00000242. The summed E-state index contributed by atoms with van der Waals surface area (Å²) in [7, 11) is 0. The predicted octanol–water partition coefficient (Wildman–Crippen LogP) is 4.70. The number of benzene rings is 2. The Morgan fingerprint density at radius 1 is 1.05 bits per heavy atom. The Labute approximate surface area is 160 Å². The van der Waals surface area contributed by atoms with Crippen LogP contribution in [0.2, 0.25) is 0 Å². The van der Waals surface area contributed by atoms with Gasteiger partial charge in [0.1, 0.15) is 5.75 Å². The lowest BCUT2D eigenvalue weighted by Crippen LogP contribution is -2.28. The molecule has 0 saturated heterocycles. The average Bonchev–Trinajstić information content (AvgIpc) is 2.45. The molecule has 0 bridgehead atoms. The fourth-order valence-electron chi connectivity index (χ4n) is 2.08. The summed E-state index contributed by atoms with van der Waals surface area (Å²) in [6.07, 6.45) is -0.321. The largest absolute Gasteiger partial charge is 0.506 e. The lowest BCUT2D eigenvalue weighted by atomic mass is 9.96. The van der Waals surface area contributed by atoms with Gasteiger partial charge in [0, 0.05) is 16.5 Å². The molecular weight excluding hydrogens is 501 g/mol. The molecule has 0 amide bonds. The molecule has 2 aromatic rings. The summed E-state index contributed by atoms with van der Waals surface area (Å²) in [5.41, 5.74) is 7.82. The maximum Gasteiger partial charge on any atom is 0.144 e. The molecule has 0 aliphatic carbocycles. The van der Waals surface area contributed by atoms with Crippen LogP contribution < -0.4 is 5.73 Å². The number of aromatic hydroxyl groups is 1. The van der Waals surface area contributed by atoms with E-state index in [0.717, 1.165) is 10.0 Å². The number of hydrogen-bond acceptors (Lipinski definition) is 3. The van der Waals surface area contributed by atoms with Crippen molar-refractivity contribution in [2.24, 2.45) is 5.73 Å². The molecule has 2 aromatic carbocycles. The van der Waals surface area contributed by atoms with E-state index in [9.17, 15) is 10.2 Å². The maximum absolute atomic E-state index is 10.4. The summed E-state index contributed by atoms with van der Waals surface area (Å²) in [4.78, 5) is 0. The van der Waals surface area contributed by atoms with E-state index in [1.54, 1.807) is 6.07 Å². The van der Waals surface area contributed by atoms with Gasteiger partial charge in [0.15, 0.2) is 0 Å². The standard InChI is InChI=1S/C15H14Br3NO2.ClH/c16-9-7-10(17)15(21)13(18)12(9)14(19)11(20)6-8-4-2-1-3-5-8;/h1-5,7,11,14,20-21H,6,19H2;1H/t11-,14-;/m1./s1. The second-order valence-electron chi connectivity index (χ2n) is 4.70. The van der Waals surface area contributed by atoms with Gasteiger partial charge in [-0.1, -0.05) is 46.3 Å². The van der Waals surface area contributed by atoms with E-state index < -0.39 is 12.1 Å². The SMILES string of the molecule is Cl.N[C@@H](c1c(Br)cc(Br)c(O)c1Br)[C@H](O)Cc1ccccc1. The van der Waals surface area contributed by atoms with E-state index in [2.05, 4.69) is 47.8 Å². The topological polar surface area (TPSA) is 66.5 Å². The van der Waals surface area contributed by atoms with Crippen molar-refractivity contribution in [1.29, 1.82) is 0 Å². The minimum absolute atomic E-state index is 0. The lowest BCUT2D eigenvalue weighted by molar-refractivity contribution is 0.144. The first-order chi connectivity index (χ1) is 9.91. The summed E-state index contributed by atoms with van der Waals surface area (Å²) in [6, 6.07) is 10.7. The highest BCUT2D eigenvalue weighted by Crippen LogP contribution is 2.42. The van der Waals surface area contributed by atoms with Gasteiger partial charge in [-0.05, 0) is 43.5 Å². The van der Waals surface area contributed by atoms with Crippen LogP contribution in [-0.4, -0.2) is 16.3 Å². The molecule has 22 heavy (non-hydrogen) atoms. The van der Waals surface area contributed by atoms with E-state index in [0.29, 0.717) is 20.9 Å². The second-order valence-corrected chi connectivity index (χ2v) is 7.20. The summed E-state index contributed by atoms with van der Waals surface area (Å²) in [6.45, 7) is 0. The van der Waals surface area contributed by atoms with Crippen LogP contribution in [-0.2, 0) is 6.42 Å². The number of phenols is 1. The Kier molecular flexibility index (Phi) is 7.85. The number of phenolic OH excluding ortho intramolecular Hbond substituents is 1. The van der Waals surface area contributed by atoms with Gasteiger partial charge < -0.3 is 15.9 Å². The molecule has 3 nitrogen and oxygen atoms in total. The molecule has 0 radical (unpaired) electrons. The van der Waals surface area contributed by atoms with Gasteiger partial charge in [-0.15, -0.1) is 12.4 Å². The van der Waals surface area contributed by atoms with E-state index in [1.807, 2.05) is 30.3 Å². The molecule has 2 atom stereocenters. The smallest absolute Gasteiger partial charge is 0.144 e. The van der Waals surface area contributed by atoms with Crippen LogP contribution in [0.5, 0.6) is 5.75 Å². The minimum atomic E-state index is -0.763. The van der Waals surface area contributed by atoms with Gasteiger partial charge in [-0.2, -0.15) is 0 Å². The molecule has 4 N–H and O–H groups in total. The summed E-state index contributed by atoms with van der Waals surface area (Å²) in [5.74, 6) is 0.0653. The molecule has 0 aliphatic rings. The van der Waals surface area contributed by atoms with Crippen molar-refractivity contribution >= 4 is 60.2 Å². The number of aliphatic hydroxyl groups is 1. The molecule has 0 saturated carbocycles. The van der Waals surface area contributed by atoms with E-state index >= 15 is 0 Å². The van der Waals surface area contributed by atoms with Gasteiger partial charge in [-0.3, -0.25) is 0 Å². The van der Waals surface area contributed by atoms with Crippen molar-refractivity contribution in [1.82, 2.24) is 0 Å². The quantitative estimate of drug-likeness (QED) is 0.552. The highest BCUT2D eigenvalue weighted by Gasteiger charge is 2.24. The number of aliphatic hydroxyl groups excluding tert-OH is 1. The van der Waals surface area contributed by atoms with Crippen LogP contribution in [0.1, 0.15) is 17.2 Å². The molecule has 0 spiro atoms. The van der Waals surface area contributed by atoms with Crippen LogP contribution in [0, 0.1) is 0 Å². The van der Waals surface area contributed by atoms with Crippen LogP contribution >= 0.6 is 60.2 Å². The average molecular weight is 516 g/mol. The first kappa shape index (κ1) is 19.9. The van der Waals surface area contributed by atoms with Crippen molar-refractivity contribution < 1.29 is 10.2 Å². The molecule has 0 fully saturated rings. The lowest BCUT2D eigenvalue weighted by Gasteiger charge is -2.22. The van der Waals surface area contributed by atoms with Gasteiger partial charge >= 0.3 is 0 Å².